The number of nitrogens with two attached hydrogens (primary N) is 1. The first-order valence-electron chi connectivity index (χ1n) is 3.44. The summed E-state index contributed by atoms with van der Waals surface area (Å²) in [4.78, 5) is 4.14. The molecule has 0 bridgehead atoms. The normalized spacial score (nSPS) is 10.6. The zero-order chi connectivity index (χ0) is 7.68. The van der Waals surface area contributed by atoms with Gasteiger partial charge in [0.05, 0.1) is 6.54 Å². The van der Waals surface area contributed by atoms with Crippen LogP contribution in [0.15, 0.2) is 28.7 Å². The van der Waals surface area contributed by atoms with E-state index < -0.39 is 0 Å². The van der Waals surface area contributed by atoms with E-state index in [1.807, 2.05) is 24.3 Å². The molecule has 0 aliphatic heterocycles. The van der Waals surface area contributed by atoms with Crippen LogP contribution >= 0.6 is 0 Å². The molecule has 1 heterocycles. The molecule has 3 heteroatoms. The smallest absolute Gasteiger partial charge is 0.209 e. The lowest BCUT2D eigenvalue weighted by Crippen LogP contribution is -1.94. The van der Waals surface area contributed by atoms with Gasteiger partial charge in [-0.1, -0.05) is 12.1 Å². The van der Waals surface area contributed by atoms with Crippen LogP contribution in [0.25, 0.3) is 11.1 Å². The van der Waals surface area contributed by atoms with E-state index in [2.05, 4.69) is 4.98 Å². The van der Waals surface area contributed by atoms with Crippen molar-refractivity contribution in [3.63, 3.8) is 0 Å². The lowest BCUT2D eigenvalue weighted by molar-refractivity contribution is 0.533. The molecule has 0 amide bonds. The Morgan fingerprint density at radius 3 is 2.91 bits per heavy atom. The molecular formula is C8H8N2O. The highest BCUT2D eigenvalue weighted by Gasteiger charge is 2.00. The Hall–Kier alpha value is -1.35. The summed E-state index contributed by atoms with van der Waals surface area (Å²) in [6.07, 6.45) is 0. The second-order valence-electron chi connectivity index (χ2n) is 2.28. The Labute approximate surface area is 63.8 Å². The van der Waals surface area contributed by atoms with Crippen LogP contribution in [0.2, 0.25) is 0 Å². The number of benzene rings is 1. The zero-order valence-corrected chi connectivity index (χ0v) is 5.95. The maximum absolute atomic E-state index is 5.36. The van der Waals surface area contributed by atoms with Gasteiger partial charge in [-0.3, -0.25) is 0 Å². The number of rotatable bonds is 1. The topological polar surface area (TPSA) is 52.0 Å². The molecule has 0 saturated carbocycles. The molecule has 11 heavy (non-hydrogen) atoms. The van der Waals surface area contributed by atoms with E-state index in [0.717, 1.165) is 11.1 Å². The fourth-order valence-corrected chi connectivity index (χ4v) is 1.01. The van der Waals surface area contributed by atoms with Gasteiger partial charge in [-0.25, -0.2) is 4.98 Å². The van der Waals surface area contributed by atoms with Crippen molar-refractivity contribution in [3.8, 4) is 0 Å². The zero-order valence-electron chi connectivity index (χ0n) is 5.95. The van der Waals surface area contributed by atoms with Crippen molar-refractivity contribution in [2.24, 2.45) is 5.73 Å². The minimum absolute atomic E-state index is 0.356. The number of aromatic nitrogens is 1. The Bertz CT molecular complexity index is 334. The Morgan fingerprint density at radius 2 is 2.18 bits per heavy atom. The molecule has 0 radical (unpaired) electrons. The van der Waals surface area contributed by atoms with Gasteiger partial charge < -0.3 is 10.2 Å². The molecular weight excluding hydrogens is 140 g/mol. The maximum Gasteiger partial charge on any atom is 0.209 e. The molecule has 1 aromatic carbocycles. The van der Waals surface area contributed by atoms with Crippen LogP contribution < -0.4 is 5.73 Å². The summed E-state index contributed by atoms with van der Waals surface area (Å²) in [5.41, 5.74) is 7.02. The van der Waals surface area contributed by atoms with Crippen LogP contribution in [0.3, 0.4) is 0 Å². The molecule has 0 saturated heterocycles. The summed E-state index contributed by atoms with van der Waals surface area (Å²) >= 11 is 0. The highest BCUT2D eigenvalue weighted by Crippen LogP contribution is 2.13. The molecule has 2 N–H and O–H groups in total. The number of hydrogen-bond acceptors (Lipinski definition) is 3. The van der Waals surface area contributed by atoms with Gasteiger partial charge in [0.1, 0.15) is 5.52 Å². The molecule has 1 aromatic heterocycles. The van der Waals surface area contributed by atoms with E-state index in [0.29, 0.717) is 12.4 Å². The third kappa shape index (κ3) is 0.991. The predicted octanol–water partition coefficient (Wildman–Crippen LogP) is 1.29. The van der Waals surface area contributed by atoms with Crippen LogP contribution in [-0.2, 0) is 6.54 Å². The van der Waals surface area contributed by atoms with E-state index in [-0.39, 0.29) is 0 Å². The van der Waals surface area contributed by atoms with Gasteiger partial charge in [0.2, 0.25) is 5.89 Å². The van der Waals surface area contributed by atoms with Gasteiger partial charge in [-0.05, 0) is 12.1 Å². The minimum atomic E-state index is 0.356. The average Bonchev–Trinajstić information content (AvgIpc) is 2.46. The number of nitrogens with zero attached hydrogens (tertiary/aromatic N) is 1. The number of fused-ring (bicyclic) bond motifs is 1. The summed E-state index contributed by atoms with van der Waals surface area (Å²) < 4.78 is 5.28. The summed E-state index contributed by atoms with van der Waals surface area (Å²) in [5.74, 6) is 0.589. The monoisotopic (exact) mass is 148 g/mol. The summed E-state index contributed by atoms with van der Waals surface area (Å²) in [6, 6.07) is 7.61. The molecule has 2 rings (SSSR count). The van der Waals surface area contributed by atoms with E-state index in [1.54, 1.807) is 0 Å². The maximum atomic E-state index is 5.36. The fraction of sp³-hybridized carbons (Fsp3) is 0.125. The van der Waals surface area contributed by atoms with Crippen LogP contribution in [0.1, 0.15) is 5.89 Å². The molecule has 0 aliphatic carbocycles. The van der Waals surface area contributed by atoms with Gasteiger partial charge in [0.25, 0.3) is 0 Å². The highest BCUT2D eigenvalue weighted by atomic mass is 16.3. The lowest BCUT2D eigenvalue weighted by Gasteiger charge is -1.81. The Kier molecular flexibility index (Phi) is 1.36. The van der Waals surface area contributed by atoms with Crippen molar-refractivity contribution in [1.82, 2.24) is 4.98 Å². The lowest BCUT2D eigenvalue weighted by atomic mass is 10.3. The molecule has 0 unspecified atom stereocenters. The van der Waals surface area contributed by atoms with Crippen molar-refractivity contribution >= 4 is 11.1 Å². The molecule has 0 fully saturated rings. The van der Waals surface area contributed by atoms with Gasteiger partial charge in [-0.15, -0.1) is 0 Å². The van der Waals surface area contributed by atoms with Crippen molar-refractivity contribution in [2.45, 2.75) is 6.54 Å². The van der Waals surface area contributed by atoms with Gasteiger partial charge in [-0.2, -0.15) is 0 Å². The fourth-order valence-electron chi connectivity index (χ4n) is 1.01. The van der Waals surface area contributed by atoms with E-state index in [4.69, 9.17) is 10.2 Å². The molecule has 3 nitrogen and oxygen atoms in total. The van der Waals surface area contributed by atoms with E-state index in [9.17, 15) is 0 Å². The van der Waals surface area contributed by atoms with Crippen molar-refractivity contribution < 1.29 is 4.42 Å². The number of oxazole rings is 1. The summed E-state index contributed by atoms with van der Waals surface area (Å²) in [6.45, 7) is 0.356. The SMILES string of the molecule is NCc1nc2ccccc2o1. The predicted molar refractivity (Wildman–Crippen MR) is 41.9 cm³/mol. The standard InChI is InChI=1S/C8H8N2O/c9-5-8-10-6-3-1-2-4-7(6)11-8/h1-4H,5,9H2. The minimum Gasteiger partial charge on any atom is -0.439 e. The molecule has 0 atom stereocenters. The van der Waals surface area contributed by atoms with Crippen LogP contribution in [0.5, 0.6) is 0 Å². The molecule has 2 aromatic rings. The second kappa shape index (κ2) is 2.36. The third-order valence-corrected chi connectivity index (χ3v) is 1.51. The van der Waals surface area contributed by atoms with Crippen molar-refractivity contribution in [1.29, 1.82) is 0 Å². The molecule has 0 spiro atoms. The highest BCUT2D eigenvalue weighted by molar-refractivity contribution is 5.72. The number of hydrogen-bond donors (Lipinski definition) is 1. The van der Waals surface area contributed by atoms with Gasteiger partial charge in [0.15, 0.2) is 5.58 Å². The van der Waals surface area contributed by atoms with Crippen LogP contribution in [-0.4, -0.2) is 4.98 Å². The third-order valence-electron chi connectivity index (χ3n) is 1.51. The van der Waals surface area contributed by atoms with Crippen LogP contribution in [0, 0.1) is 0 Å². The quantitative estimate of drug-likeness (QED) is 0.662. The van der Waals surface area contributed by atoms with Gasteiger partial charge >= 0.3 is 0 Å². The first kappa shape index (κ1) is 6.37. The average molecular weight is 148 g/mol. The van der Waals surface area contributed by atoms with Crippen molar-refractivity contribution in [2.75, 3.05) is 0 Å². The van der Waals surface area contributed by atoms with Gasteiger partial charge in [0, 0.05) is 0 Å². The first-order chi connectivity index (χ1) is 5.40. The first-order valence-corrected chi connectivity index (χ1v) is 3.44. The Morgan fingerprint density at radius 1 is 1.36 bits per heavy atom. The van der Waals surface area contributed by atoms with E-state index >= 15 is 0 Å². The number of para-hydroxylation sites is 2. The Balaban J connectivity index is 2.69. The summed E-state index contributed by atoms with van der Waals surface area (Å²) in [7, 11) is 0. The molecule has 56 valence electrons. The van der Waals surface area contributed by atoms with Crippen LogP contribution in [0.4, 0.5) is 0 Å². The van der Waals surface area contributed by atoms with Crippen molar-refractivity contribution in [3.05, 3.63) is 30.2 Å². The summed E-state index contributed by atoms with van der Waals surface area (Å²) in [5, 5.41) is 0. The largest absolute Gasteiger partial charge is 0.439 e. The van der Waals surface area contributed by atoms with E-state index in [1.165, 1.54) is 0 Å². The molecule has 0 aliphatic rings. The second-order valence-corrected chi connectivity index (χ2v) is 2.28.